The van der Waals surface area contributed by atoms with E-state index in [-0.39, 0.29) is 17.8 Å². The molecule has 1 unspecified atom stereocenters. The third-order valence-electron chi connectivity index (χ3n) is 6.15. The van der Waals surface area contributed by atoms with Gasteiger partial charge in [0, 0.05) is 44.9 Å². The Morgan fingerprint density at radius 3 is 2.37 bits per heavy atom. The van der Waals surface area contributed by atoms with Gasteiger partial charge in [0.05, 0.1) is 23.4 Å². The van der Waals surface area contributed by atoms with Gasteiger partial charge in [-0.25, -0.2) is 9.78 Å². The topological polar surface area (TPSA) is 81.8 Å². The molecule has 0 aliphatic carbocycles. The van der Waals surface area contributed by atoms with Crippen molar-refractivity contribution in [1.82, 2.24) is 15.2 Å². The minimum atomic E-state index is -4.39. The number of piperazine rings is 1. The zero-order chi connectivity index (χ0) is 25.2. The largest absolute Gasteiger partial charge is 0.507 e. The number of amides is 2. The summed E-state index contributed by atoms with van der Waals surface area (Å²) in [5.41, 5.74) is 1.30. The Hall–Kier alpha value is -3.69. The van der Waals surface area contributed by atoms with Crippen molar-refractivity contribution in [2.45, 2.75) is 32.5 Å². The van der Waals surface area contributed by atoms with Crippen molar-refractivity contribution >= 4 is 11.7 Å². The molecule has 2 aromatic carbocycles. The quantitative estimate of drug-likeness (QED) is 0.506. The van der Waals surface area contributed by atoms with Crippen LogP contribution in [0.4, 0.5) is 23.7 Å². The lowest BCUT2D eigenvalue weighted by Crippen LogP contribution is -2.52. The van der Waals surface area contributed by atoms with Gasteiger partial charge in [-0.05, 0) is 36.2 Å². The SMILES string of the molecule is CCC(NC(=O)N1CCN(c2ccc(-c3cnc(C)o3)c(O)c2)CC1)c1ccc(C(F)(F)F)cc1. The van der Waals surface area contributed by atoms with E-state index >= 15 is 0 Å². The summed E-state index contributed by atoms with van der Waals surface area (Å²) in [6.07, 6.45) is -2.28. The monoisotopic (exact) mass is 488 g/mol. The van der Waals surface area contributed by atoms with Crippen molar-refractivity contribution in [3.63, 3.8) is 0 Å². The number of carbonyl (C=O) groups is 1. The molecule has 4 rings (SSSR count). The molecule has 2 heterocycles. The Morgan fingerprint density at radius 1 is 1.14 bits per heavy atom. The summed E-state index contributed by atoms with van der Waals surface area (Å²) in [6, 6.07) is 9.58. The number of nitrogens with one attached hydrogen (secondary N) is 1. The van der Waals surface area contributed by atoms with Gasteiger partial charge in [0.2, 0.25) is 0 Å². The minimum absolute atomic E-state index is 0.0844. The molecule has 0 saturated carbocycles. The summed E-state index contributed by atoms with van der Waals surface area (Å²) in [6.45, 7) is 5.70. The second kappa shape index (κ2) is 9.89. The van der Waals surface area contributed by atoms with Crippen LogP contribution in [-0.2, 0) is 6.18 Å². The van der Waals surface area contributed by atoms with Gasteiger partial charge in [0.15, 0.2) is 11.7 Å². The number of alkyl halides is 3. The van der Waals surface area contributed by atoms with Gasteiger partial charge in [-0.15, -0.1) is 0 Å². The number of carbonyl (C=O) groups excluding carboxylic acids is 1. The van der Waals surface area contributed by atoms with Crippen LogP contribution in [0.3, 0.4) is 0 Å². The first-order valence-corrected chi connectivity index (χ1v) is 11.4. The number of aryl methyl sites for hydroxylation is 1. The van der Waals surface area contributed by atoms with Crippen LogP contribution >= 0.6 is 0 Å². The lowest BCUT2D eigenvalue weighted by atomic mass is 10.0. The van der Waals surface area contributed by atoms with Crippen LogP contribution in [0.1, 0.15) is 36.4 Å². The van der Waals surface area contributed by atoms with Crippen molar-refractivity contribution in [1.29, 1.82) is 0 Å². The molecule has 7 nitrogen and oxygen atoms in total. The van der Waals surface area contributed by atoms with Crippen LogP contribution in [0.15, 0.2) is 53.1 Å². The first-order valence-electron chi connectivity index (χ1n) is 11.4. The van der Waals surface area contributed by atoms with Crippen molar-refractivity contribution in [2.24, 2.45) is 0 Å². The number of halogens is 3. The summed E-state index contributed by atoms with van der Waals surface area (Å²) in [5.74, 6) is 1.09. The van der Waals surface area contributed by atoms with Gasteiger partial charge >= 0.3 is 12.2 Å². The third-order valence-corrected chi connectivity index (χ3v) is 6.15. The smallest absolute Gasteiger partial charge is 0.416 e. The van der Waals surface area contributed by atoms with Crippen molar-refractivity contribution in [3.05, 3.63) is 65.7 Å². The number of aromatic hydroxyl groups is 1. The number of hydrogen-bond donors (Lipinski definition) is 2. The maximum Gasteiger partial charge on any atom is 0.416 e. The molecular formula is C25H27F3N4O3. The maximum atomic E-state index is 12.8. The molecule has 10 heteroatoms. The first kappa shape index (κ1) is 24.4. The third kappa shape index (κ3) is 5.52. The summed E-state index contributed by atoms with van der Waals surface area (Å²) in [4.78, 5) is 20.6. The van der Waals surface area contributed by atoms with Gasteiger partial charge in [0.1, 0.15) is 5.75 Å². The number of benzene rings is 2. The minimum Gasteiger partial charge on any atom is -0.507 e. The highest BCUT2D eigenvalue weighted by Gasteiger charge is 2.30. The highest BCUT2D eigenvalue weighted by molar-refractivity contribution is 5.75. The summed E-state index contributed by atoms with van der Waals surface area (Å²) in [5, 5.41) is 13.4. The molecule has 1 aromatic heterocycles. The van der Waals surface area contributed by atoms with E-state index in [9.17, 15) is 23.1 Å². The van der Waals surface area contributed by atoms with Gasteiger partial charge in [-0.3, -0.25) is 0 Å². The van der Waals surface area contributed by atoms with E-state index in [1.54, 1.807) is 30.2 Å². The predicted octanol–water partition coefficient (Wildman–Crippen LogP) is 5.36. The van der Waals surface area contributed by atoms with Crippen molar-refractivity contribution in [3.8, 4) is 17.1 Å². The number of phenolic OH excluding ortho intramolecular Hbond substituents is 1. The van der Waals surface area contributed by atoms with Gasteiger partial charge in [0.25, 0.3) is 0 Å². The number of oxazole rings is 1. The van der Waals surface area contributed by atoms with E-state index < -0.39 is 11.7 Å². The molecule has 1 saturated heterocycles. The van der Waals surface area contributed by atoms with E-state index in [0.717, 1.165) is 17.8 Å². The number of aromatic nitrogens is 1. The fourth-order valence-corrected chi connectivity index (χ4v) is 4.14. The molecule has 0 radical (unpaired) electrons. The molecule has 0 spiro atoms. The zero-order valence-electron chi connectivity index (χ0n) is 19.5. The predicted molar refractivity (Wildman–Crippen MR) is 125 cm³/mol. The number of rotatable bonds is 5. The molecule has 3 aromatic rings. The van der Waals surface area contributed by atoms with Crippen LogP contribution < -0.4 is 10.2 Å². The standard InChI is InChI=1S/C25H27F3N4O3/c1-3-21(17-4-6-18(7-5-17)25(26,27)28)30-24(34)32-12-10-31(11-13-32)19-8-9-20(22(33)14-19)23-15-29-16(2)35-23/h4-9,14-15,21,33H,3,10-13H2,1-2H3,(H,30,34). The number of anilines is 1. The van der Waals surface area contributed by atoms with E-state index in [0.29, 0.717) is 55.4 Å². The molecule has 2 N–H and O–H groups in total. The molecule has 35 heavy (non-hydrogen) atoms. The van der Waals surface area contributed by atoms with E-state index in [4.69, 9.17) is 4.42 Å². The summed E-state index contributed by atoms with van der Waals surface area (Å²) in [7, 11) is 0. The summed E-state index contributed by atoms with van der Waals surface area (Å²) >= 11 is 0. The van der Waals surface area contributed by atoms with Crippen molar-refractivity contribution < 1.29 is 27.5 Å². The fourth-order valence-electron chi connectivity index (χ4n) is 4.14. The van der Waals surface area contributed by atoms with Crippen LogP contribution in [0, 0.1) is 6.92 Å². The number of urea groups is 1. The molecule has 1 aliphatic rings. The molecule has 186 valence electrons. The van der Waals surface area contributed by atoms with Crippen LogP contribution in [0.2, 0.25) is 0 Å². The molecule has 1 atom stereocenters. The average Bonchev–Trinajstić information content (AvgIpc) is 3.27. The average molecular weight is 489 g/mol. The van der Waals surface area contributed by atoms with Gasteiger partial charge < -0.3 is 24.6 Å². The van der Waals surface area contributed by atoms with Crippen molar-refractivity contribution in [2.75, 3.05) is 31.1 Å². The van der Waals surface area contributed by atoms with E-state index in [1.807, 2.05) is 13.0 Å². The Kier molecular flexibility index (Phi) is 6.90. The highest BCUT2D eigenvalue weighted by Crippen LogP contribution is 2.34. The molecule has 2 amide bonds. The molecule has 1 fully saturated rings. The lowest BCUT2D eigenvalue weighted by Gasteiger charge is -2.37. The summed E-state index contributed by atoms with van der Waals surface area (Å²) < 4.78 is 44.0. The Morgan fingerprint density at radius 2 is 1.83 bits per heavy atom. The van der Waals surface area contributed by atoms with E-state index in [2.05, 4.69) is 15.2 Å². The number of hydrogen-bond acceptors (Lipinski definition) is 5. The highest BCUT2D eigenvalue weighted by atomic mass is 19.4. The molecular weight excluding hydrogens is 461 g/mol. The van der Waals surface area contributed by atoms with Crippen LogP contribution in [0.5, 0.6) is 5.75 Å². The van der Waals surface area contributed by atoms with Gasteiger partial charge in [-0.1, -0.05) is 19.1 Å². The van der Waals surface area contributed by atoms with Crippen LogP contribution in [-0.4, -0.2) is 47.2 Å². The lowest BCUT2D eigenvalue weighted by molar-refractivity contribution is -0.137. The molecule has 0 bridgehead atoms. The Balaban J connectivity index is 1.35. The Labute approximate surface area is 201 Å². The van der Waals surface area contributed by atoms with E-state index in [1.165, 1.54) is 12.1 Å². The number of nitrogens with zero attached hydrogens (tertiary/aromatic N) is 3. The van der Waals surface area contributed by atoms with Crippen LogP contribution in [0.25, 0.3) is 11.3 Å². The van der Waals surface area contributed by atoms with Gasteiger partial charge in [-0.2, -0.15) is 13.2 Å². The second-order valence-corrected chi connectivity index (χ2v) is 8.45. The zero-order valence-corrected chi connectivity index (χ0v) is 19.5. The Bertz CT molecular complexity index is 1170. The first-order chi connectivity index (χ1) is 16.7. The number of phenols is 1. The normalized spacial score (nSPS) is 15.2. The second-order valence-electron chi connectivity index (χ2n) is 8.45. The molecule has 1 aliphatic heterocycles. The fraction of sp³-hybridized carbons (Fsp3) is 0.360. The maximum absolute atomic E-state index is 12.8.